The van der Waals surface area contributed by atoms with E-state index in [2.05, 4.69) is 31.2 Å². The monoisotopic (exact) mass is 246 g/mol. The fraction of sp³-hybridized carbons (Fsp3) is 0.400. The van der Waals surface area contributed by atoms with Crippen molar-refractivity contribution in [3.63, 3.8) is 0 Å². The van der Waals surface area contributed by atoms with Crippen LogP contribution in [0.5, 0.6) is 0 Å². The Morgan fingerprint density at radius 3 is 2.53 bits per heavy atom. The van der Waals surface area contributed by atoms with Gasteiger partial charge in [0.15, 0.2) is 5.78 Å². The summed E-state index contributed by atoms with van der Waals surface area (Å²) >= 11 is 1.75. The summed E-state index contributed by atoms with van der Waals surface area (Å²) in [5, 5.41) is 0. The minimum absolute atomic E-state index is 0.323. The summed E-state index contributed by atoms with van der Waals surface area (Å²) in [6.45, 7) is 4.12. The van der Waals surface area contributed by atoms with Gasteiger partial charge in [-0.1, -0.05) is 30.8 Å². The van der Waals surface area contributed by atoms with E-state index in [0.29, 0.717) is 5.78 Å². The molecule has 0 spiro atoms. The number of aryl methyl sites for hydroxylation is 1. The predicted octanol–water partition coefficient (Wildman–Crippen LogP) is 4.37. The third-order valence-corrected chi connectivity index (χ3v) is 4.48. The molecular weight excluding hydrogens is 228 g/mol. The van der Waals surface area contributed by atoms with Gasteiger partial charge in [-0.05, 0) is 48.8 Å². The molecule has 0 saturated carbocycles. The van der Waals surface area contributed by atoms with E-state index in [1.54, 1.807) is 11.8 Å². The van der Waals surface area contributed by atoms with Gasteiger partial charge >= 0.3 is 0 Å². The summed E-state index contributed by atoms with van der Waals surface area (Å²) in [4.78, 5) is 14.1. The van der Waals surface area contributed by atoms with Gasteiger partial charge in [0.05, 0.1) is 0 Å². The van der Waals surface area contributed by atoms with Gasteiger partial charge in [-0.25, -0.2) is 0 Å². The Morgan fingerprint density at radius 2 is 1.88 bits per heavy atom. The van der Waals surface area contributed by atoms with E-state index in [-0.39, 0.29) is 0 Å². The highest BCUT2D eigenvalue weighted by molar-refractivity contribution is 8.03. The maximum absolute atomic E-state index is 11.6. The van der Waals surface area contributed by atoms with Gasteiger partial charge in [-0.2, -0.15) is 0 Å². The van der Waals surface area contributed by atoms with Crippen LogP contribution in [0.3, 0.4) is 0 Å². The number of hydrogen-bond donors (Lipinski definition) is 0. The lowest BCUT2D eigenvalue weighted by Crippen LogP contribution is -2.07. The zero-order chi connectivity index (χ0) is 12.3. The quantitative estimate of drug-likeness (QED) is 0.788. The Morgan fingerprint density at radius 1 is 1.18 bits per heavy atom. The van der Waals surface area contributed by atoms with Crippen LogP contribution < -0.4 is 0 Å². The first-order valence-corrected chi connectivity index (χ1v) is 7.02. The van der Waals surface area contributed by atoms with Crippen LogP contribution in [-0.4, -0.2) is 5.78 Å². The van der Waals surface area contributed by atoms with Crippen molar-refractivity contribution in [2.45, 2.75) is 44.4 Å². The summed E-state index contributed by atoms with van der Waals surface area (Å²) in [6, 6.07) is 8.65. The van der Waals surface area contributed by atoms with Crippen molar-refractivity contribution < 1.29 is 4.79 Å². The molecule has 90 valence electrons. The molecule has 2 rings (SSSR count). The van der Waals surface area contributed by atoms with E-state index in [9.17, 15) is 4.79 Å². The molecule has 1 aromatic rings. The molecule has 0 aliphatic heterocycles. The molecule has 1 aliphatic carbocycles. The van der Waals surface area contributed by atoms with Crippen LogP contribution >= 0.6 is 11.8 Å². The van der Waals surface area contributed by atoms with E-state index < -0.39 is 0 Å². The highest BCUT2D eigenvalue weighted by Gasteiger charge is 2.17. The molecule has 0 aromatic heterocycles. The average Bonchev–Trinajstić information content (AvgIpc) is 2.36. The molecule has 0 atom stereocenters. The van der Waals surface area contributed by atoms with Crippen molar-refractivity contribution in [3.05, 3.63) is 40.3 Å². The molecule has 1 aliphatic rings. The number of thioether (sulfide) groups is 1. The SMILES string of the molecule is CCc1ccc(SC2=C(C)C(=O)CCC2)cc1. The van der Waals surface area contributed by atoms with Crippen LogP contribution in [0.4, 0.5) is 0 Å². The molecule has 2 heteroatoms. The first-order chi connectivity index (χ1) is 8.20. The fourth-order valence-electron chi connectivity index (χ4n) is 2.00. The Balaban J connectivity index is 2.14. The van der Waals surface area contributed by atoms with Crippen molar-refractivity contribution in [1.29, 1.82) is 0 Å². The van der Waals surface area contributed by atoms with Crippen LogP contribution in [0.1, 0.15) is 38.7 Å². The number of hydrogen-bond acceptors (Lipinski definition) is 2. The second kappa shape index (κ2) is 5.54. The lowest BCUT2D eigenvalue weighted by molar-refractivity contribution is -0.115. The lowest BCUT2D eigenvalue weighted by Gasteiger charge is -2.16. The Labute approximate surface area is 107 Å². The molecule has 0 heterocycles. The van der Waals surface area contributed by atoms with Gasteiger partial charge in [-0.15, -0.1) is 0 Å². The van der Waals surface area contributed by atoms with Crippen LogP contribution in [0.25, 0.3) is 0 Å². The molecular formula is C15H18OS. The van der Waals surface area contributed by atoms with Gasteiger partial charge in [0.25, 0.3) is 0 Å². The van der Waals surface area contributed by atoms with Crippen molar-refractivity contribution in [3.8, 4) is 0 Å². The van der Waals surface area contributed by atoms with Gasteiger partial charge in [-0.3, -0.25) is 4.79 Å². The predicted molar refractivity (Wildman–Crippen MR) is 73.2 cm³/mol. The van der Waals surface area contributed by atoms with E-state index in [1.165, 1.54) is 15.4 Å². The van der Waals surface area contributed by atoms with E-state index >= 15 is 0 Å². The highest BCUT2D eigenvalue weighted by atomic mass is 32.2. The zero-order valence-corrected chi connectivity index (χ0v) is 11.3. The summed E-state index contributed by atoms with van der Waals surface area (Å²) in [5.74, 6) is 0.323. The third-order valence-electron chi connectivity index (χ3n) is 3.22. The average molecular weight is 246 g/mol. The number of carbonyl (C=O) groups is 1. The molecule has 0 fully saturated rings. The Hall–Kier alpha value is -1.02. The van der Waals surface area contributed by atoms with E-state index in [1.807, 2.05) is 6.92 Å². The molecule has 0 N–H and O–H groups in total. The third kappa shape index (κ3) is 3.01. The van der Waals surface area contributed by atoms with Gasteiger partial charge in [0.2, 0.25) is 0 Å². The maximum atomic E-state index is 11.6. The number of ketones is 1. The minimum Gasteiger partial charge on any atom is -0.295 e. The van der Waals surface area contributed by atoms with E-state index in [0.717, 1.165) is 31.3 Å². The first-order valence-electron chi connectivity index (χ1n) is 6.20. The highest BCUT2D eigenvalue weighted by Crippen LogP contribution is 2.35. The van der Waals surface area contributed by atoms with Gasteiger partial charge < -0.3 is 0 Å². The summed E-state index contributed by atoms with van der Waals surface area (Å²) in [6.07, 6.45) is 3.86. The van der Waals surface area contributed by atoms with Gasteiger partial charge in [0, 0.05) is 16.9 Å². The normalized spacial score (nSPS) is 16.5. The van der Waals surface area contributed by atoms with Crippen LogP contribution in [0.15, 0.2) is 39.6 Å². The fourth-order valence-corrected chi connectivity index (χ4v) is 3.07. The van der Waals surface area contributed by atoms with Crippen molar-refractivity contribution >= 4 is 17.5 Å². The van der Waals surface area contributed by atoms with Crippen LogP contribution in [0.2, 0.25) is 0 Å². The molecule has 0 radical (unpaired) electrons. The van der Waals surface area contributed by atoms with Crippen LogP contribution in [0, 0.1) is 0 Å². The second-order valence-corrected chi connectivity index (χ2v) is 5.59. The number of rotatable bonds is 3. The second-order valence-electron chi connectivity index (χ2n) is 4.42. The summed E-state index contributed by atoms with van der Waals surface area (Å²) in [7, 11) is 0. The van der Waals surface area contributed by atoms with Gasteiger partial charge in [0.1, 0.15) is 0 Å². The minimum atomic E-state index is 0.323. The Bertz CT molecular complexity index is 442. The van der Waals surface area contributed by atoms with Crippen molar-refractivity contribution in [2.24, 2.45) is 0 Å². The molecule has 0 amide bonds. The molecule has 0 bridgehead atoms. The van der Waals surface area contributed by atoms with Crippen molar-refractivity contribution in [1.82, 2.24) is 0 Å². The summed E-state index contributed by atoms with van der Waals surface area (Å²) in [5.41, 5.74) is 2.33. The topological polar surface area (TPSA) is 17.1 Å². The number of Topliss-reactive ketones (excluding diaryl/α,β-unsaturated/α-hetero) is 1. The van der Waals surface area contributed by atoms with Crippen molar-refractivity contribution in [2.75, 3.05) is 0 Å². The number of allylic oxidation sites excluding steroid dienone is 2. The lowest BCUT2D eigenvalue weighted by atomic mass is 9.99. The Kier molecular flexibility index (Phi) is 4.06. The summed E-state index contributed by atoms with van der Waals surface area (Å²) < 4.78 is 0. The van der Waals surface area contributed by atoms with Crippen LogP contribution in [-0.2, 0) is 11.2 Å². The molecule has 0 unspecified atom stereocenters. The first kappa shape index (κ1) is 12.4. The smallest absolute Gasteiger partial charge is 0.159 e. The number of benzene rings is 1. The molecule has 0 saturated heterocycles. The standard InChI is InChI=1S/C15H18OS/c1-3-12-7-9-13(10-8-12)17-15-6-4-5-14(16)11(15)2/h7-10H,3-6H2,1-2H3. The maximum Gasteiger partial charge on any atom is 0.159 e. The molecule has 17 heavy (non-hydrogen) atoms. The molecule has 1 nitrogen and oxygen atoms in total. The zero-order valence-electron chi connectivity index (χ0n) is 10.5. The largest absolute Gasteiger partial charge is 0.295 e. The number of carbonyl (C=O) groups excluding carboxylic acids is 1. The van der Waals surface area contributed by atoms with E-state index in [4.69, 9.17) is 0 Å². The molecule has 1 aromatic carbocycles.